The summed E-state index contributed by atoms with van der Waals surface area (Å²) < 4.78 is 9.95. The molecule has 0 aromatic rings. The van der Waals surface area contributed by atoms with Gasteiger partial charge in [-0.2, -0.15) is 0 Å². The van der Waals surface area contributed by atoms with Crippen molar-refractivity contribution in [2.24, 2.45) is 11.8 Å². The normalized spacial score (nSPS) is 22.7. The number of aliphatic hydroxyl groups is 2. The minimum Gasteiger partial charge on any atom is -0.463 e. The van der Waals surface area contributed by atoms with Gasteiger partial charge in [-0.05, 0) is 25.7 Å². The van der Waals surface area contributed by atoms with Crippen LogP contribution in [0.15, 0.2) is 12.7 Å². The molecule has 8 nitrogen and oxygen atoms in total. The van der Waals surface area contributed by atoms with E-state index < -0.39 is 36.7 Å². The molecule has 144 valence electrons. The van der Waals surface area contributed by atoms with E-state index in [1.807, 2.05) is 0 Å². The molecule has 8 heteroatoms. The van der Waals surface area contributed by atoms with Gasteiger partial charge in [-0.25, -0.2) is 9.68 Å². The highest BCUT2D eigenvalue weighted by Crippen LogP contribution is 2.35. The summed E-state index contributed by atoms with van der Waals surface area (Å²) in [6.45, 7) is 2.74. The first kappa shape index (κ1) is 21.6. The molecule has 25 heavy (non-hydrogen) atoms. The maximum Gasteiger partial charge on any atom is 0.330 e. The van der Waals surface area contributed by atoms with Gasteiger partial charge in [0.05, 0.1) is 25.2 Å². The monoisotopic (exact) mass is 360 g/mol. The van der Waals surface area contributed by atoms with Gasteiger partial charge in [0.2, 0.25) is 0 Å². The quantitative estimate of drug-likeness (QED) is 0.164. The molecule has 3 N–H and O–H groups in total. The van der Waals surface area contributed by atoms with Crippen LogP contribution in [-0.4, -0.2) is 59.4 Å². The maximum absolute atomic E-state index is 12.3. The van der Waals surface area contributed by atoms with Gasteiger partial charge in [0.1, 0.15) is 12.7 Å². The third-order valence-electron chi connectivity index (χ3n) is 4.41. The van der Waals surface area contributed by atoms with E-state index in [4.69, 9.17) is 14.6 Å². The van der Waals surface area contributed by atoms with Crippen molar-refractivity contribution in [3.05, 3.63) is 12.7 Å². The Morgan fingerprint density at radius 3 is 2.60 bits per heavy atom. The molecule has 0 spiro atoms. The van der Waals surface area contributed by atoms with E-state index in [0.717, 1.165) is 18.9 Å². The highest BCUT2D eigenvalue weighted by Gasteiger charge is 2.38. The standard InChI is InChI=1S/C17H28O8/c1-2-16(20)23-9-5-8-15(25-22)13-6-3-4-7-14(13)17(21)24-11-12(19)10-18/h2,12-15,18-19,22H,1,3-11H2. The second-order valence-corrected chi connectivity index (χ2v) is 6.18. The van der Waals surface area contributed by atoms with Crippen molar-refractivity contribution in [3.63, 3.8) is 0 Å². The number of hydrogen-bond acceptors (Lipinski definition) is 8. The van der Waals surface area contributed by atoms with Crippen LogP contribution in [0.1, 0.15) is 38.5 Å². The molecule has 4 unspecified atom stereocenters. The lowest BCUT2D eigenvalue weighted by Gasteiger charge is -2.34. The minimum absolute atomic E-state index is 0.176. The number of carbonyl (C=O) groups is 2. The Bertz CT molecular complexity index is 425. The molecule has 1 aliphatic carbocycles. The summed E-state index contributed by atoms with van der Waals surface area (Å²) in [7, 11) is 0. The molecule has 0 radical (unpaired) electrons. The Morgan fingerprint density at radius 2 is 1.96 bits per heavy atom. The molecule has 1 saturated carbocycles. The third kappa shape index (κ3) is 7.52. The molecule has 1 aliphatic rings. The Kier molecular flexibility index (Phi) is 10.3. The fourth-order valence-corrected chi connectivity index (χ4v) is 3.10. The molecule has 0 aromatic carbocycles. The Morgan fingerprint density at radius 1 is 1.24 bits per heavy atom. The Balaban J connectivity index is 2.54. The fourth-order valence-electron chi connectivity index (χ4n) is 3.10. The molecule has 1 rings (SSSR count). The average molecular weight is 360 g/mol. The predicted molar refractivity (Wildman–Crippen MR) is 87.4 cm³/mol. The number of esters is 2. The molecule has 0 bridgehead atoms. The Labute approximate surface area is 147 Å². The maximum atomic E-state index is 12.3. The van der Waals surface area contributed by atoms with Gasteiger partial charge in [-0.15, -0.1) is 0 Å². The molecule has 0 aliphatic heterocycles. The van der Waals surface area contributed by atoms with Crippen molar-refractivity contribution < 1.29 is 39.4 Å². The van der Waals surface area contributed by atoms with Gasteiger partial charge in [-0.1, -0.05) is 19.4 Å². The van der Waals surface area contributed by atoms with Crippen LogP contribution in [0.4, 0.5) is 0 Å². The molecule has 0 aromatic heterocycles. The van der Waals surface area contributed by atoms with E-state index in [9.17, 15) is 20.0 Å². The Hall–Kier alpha value is -1.48. The number of ether oxygens (including phenoxy) is 2. The average Bonchev–Trinajstić information content (AvgIpc) is 2.65. The molecular formula is C17H28O8. The molecular weight excluding hydrogens is 332 g/mol. The zero-order valence-electron chi connectivity index (χ0n) is 14.3. The lowest BCUT2D eigenvalue weighted by atomic mass is 9.75. The van der Waals surface area contributed by atoms with Crippen LogP contribution in [-0.2, 0) is 24.0 Å². The largest absolute Gasteiger partial charge is 0.463 e. The smallest absolute Gasteiger partial charge is 0.330 e. The third-order valence-corrected chi connectivity index (χ3v) is 4.41. The van der Waals surface area contributed by atoms with Crippen LogP contribution in [0.2, 0.25) is 0 Å². The molecule has 0 amide bonds. The molecule has 0 heterocycles. The van der Waals surface area contributed by atoms with Gasteiger partial charge in [0.25, 0.3) is 0 Å². The van der Waals surface area contributed by atoms with E-state index in [2.05, 4.69) is 11.5 Å². The minimum atomic E-state index is -1.10. The van der Waals surface area contributed by atoms with Crippen LogP contribution >= 0.6 is 0 Å². The topological polar surface area (TPSA) is 123 Å². The first-order valence-corrected chi connectivity index (χ1v) is 8.58. The van der Waals surface area contributed by atoms with E-state index in [1.54, 1.807) is 0 Å². The van der Waals surface area contributed by atoms with Crippen molar-refractivity contribution in [1.29, 1.82) is 0 Å². The number of carbonyl (C=O) groups excluding carboxylic acids is 2. The van der Waals surface area contributed by atoms with Crippen LogP contribution in [0.25, 0.3) is 0 Å². The lowest BCUT2D eigenvalue weighted by Crippen LogP contribution is -2.38. The highest BCUT2D eigenvalue weighted by molar-refractivity contribution is 5.81. The number of aliphatic hydroxyl groups excluding tert-OH is 2. The van der Waals surface area contributed by atoms with Crippen molar-refractivity contribution in [2.75, 3.05) is 19.8 Å². The second kappa shape index (κ2) is 12.0. The number of hydrogen-bond donors (Lipinski definition) is 3. The first-order chi connectivity index (χ1) is 12.0. The fraction of sp³-hybridized carbons (Fsp3) is 0.765. The predicted octanol–water partition coefficient (Wildman–Crippen LogP) is 1.06. The van der Waals surface area contributed by atoms with Crippen molar-refractivity contribution >= 4 is 11.9 Å². The van der Waals surface area contributed by atoms with E-state index in [1.165, 1.54) is 0 Å². The summed E-state index contributed by atoms with van der Waals surface area (Å²) >= 11 is 0. The van der Waals surface area contributed by atoms with Crippen LogP contribution in [0.5, 0.6) is 0 Å². The van der Waals surface area contributed by atoms with Crippen molar-refractivity contribution in [1.82, 2.24) is 0 Å². The van der Waals surface area contributed by atoms with Gasteiger partial charge >= 0.3 is 11.9 Å². The summed E-state index contributed by atoms with van der Waals surface area (Å²) in [6.07, 6.45) is 3.42. The summed E-state index contributed by atoms with van der Waals surface area (Å²) in [5.74, 6) is -1.62. The van der Waals surface area contributed by atoms with E-state index in [-0.39, 0.29) is 19.1 Å². The summed E-state index contributed by atoms with van der Waals surface area (Å²) in [5, 5.41) is 27.3. The molecule has 4 atom stereocenters. The van der Waals surface area contributed by atoms with E-state index >= 15 is 0 Å². The summed E-state index contributed by atoms with van der Waals surface area (Å²) in [5.41, 5.74) is 0. The van der Waals surface area contributed by atoms with Gasteiger partial charge in [-0.3, -0.25) is 10.1 Å². The van der Waals surface area contributed by atoms with Gasteiger partial charge in [0, 0.05) is 12.0 Å². The zero-order chi connectivity index (χ0) is 18.7. The number of rotatable bonds is 11. The molecule has 1 fully saturated rings. The van der Waals surface area contributed by atoms with Gasteiger partial charge < -0.3 is 19.7 Å². The first-order valence-electron chi connectivity index (χ1n) is 8.58. The van der Waals surface area contributed by atoms with Crippen molar-refractivity contribution in [3.8, 4) is 0 Å². The SMILES string of the molecule is C=CC(=O)OCCCC(OO)C1CCCCC1C(=O)OCC(O)CO. The summed E-state index contributed by atoms with van der Waals surface area (Å²) in [4.78, 5) is 27.9. The zero-order valence-corrected chi connectivity index (χ0v) is 14.3. The van der Waals surface area contributed by atoms with E-state index in [0.29, 0.717) is 25.7 Å². The van der Waals surface area contributed by atoms with Crippen LogP contribution in [0, 0.1) is 11.8 Å². The van der Waals surface area contributed by atoms with Crippen LogP contribution in [0.3, 0.4) is 0 Å². The van der Waals surface area contributed by atoms with Gasteiger partial charge in [0.15, 0.2) is 0 Å². The second-order valence-electron chi connectivity index (χ2n) is 6.18. The van der Waals surface area contributed by atoms with Crippen molar-refractivity contribution in [2.45, 2.75) is 50.7 Å². The highest BCUT2D eigenvalue weighted by atomic mass is 17.1. The summed E-state index contributed by atoms with van der Waals surface area (Å²) in [6, 6.07) is 0. The molecule has 0 saturated heterocycles. The lowest BCUT2D eigenvalue weighted by molar-refractivity contribution is -0.297. The van der Waals surface area contributed by atoms with Crippen LogP contribution < -0.4 is 0 Å².